The number of pyridine rings is 2. The fourth-order valence-electron chi connectivity index (χ4n) is 3.40. The summed E-state index contributed by atoms with van der Waals surface area (Å²) in [6.45, 7) is 1.17. The molecule has 0 radical (unpaired) electrons. The molecule has 1 N–H and O–H groups in total. The number of benzene rings is 1. The van der Waals surface area contributed by atoms with Crippen molar-refractivity contribution in [3.05, 3.63) is 84.3 Å². The Labute approximate surface area is 165 Å². The van der Waals surface area contributed by atoms with Crippen LogP contribution in [0.4, 0.5) is 5.82 Å². The van der Waals surface area contributed by atoms with E-state index in [-0.39, 0.29) is 10.9 Å². The summed E-state index contributed by atoms with van der Waals surface area (Å²) in [5, 5.41) is 3.41. The molecular weight excluding hydrogens is 372 g/mol. The second kappa shape index (κ2) is 8.08. The predicted octanol–water partition coefficient (Wildman–Crippen LogP) is 3.46. The summed E-state index contributed by atoms with van der Waals surface area (Å²) in [4.78, 5) is 8.70. The third-order valence-corrected chi connectivity index (χ3v) is 6.79. The number of aromatic nitrogens is 2. The molecule has 0 saturated carbocycles. The smallest absolute Gasteiger partial charge is 0.244 e. The molecule has 6 nitrogen and oxygen atoms in total. The highest BCUT2D eigenvalue weighted by molar-refractivity contribution is 7.89. The molecule has 3 aromatic rings. The first-order valence-electron chi connectivity index (χ1n) is 9.32. The third kappa shape index (κ3) is 3.90. The van der Waals surface area contributed by atoms with Gasteiger partial charge >= 0.3 is 0 Å². The number of sulfonamides is 1. The topological polar surface area (TPSA) is 75.2 Å². The lowest BCUT2D eigenvalue weighted by atomic mass is 10.00. The summed E-state index contributed by atoms with van der Waals surface area (Å²) in [6, 6.07) is 17.2. The third-order valence-electron chi connectivity index (χ3n) is 4.90. The molecule has 0 unspecified atom stereocenters. The van der Waals surface area contributed by atoms with Gasteiger partial charge in [-0.05, 0) is 48.2 Å². The molecule has 1 aliphatic heterocycles. The number of hydrogen-bond donors (Lipinski definition) is 1. The molecule has 144 valence electrons. The molecule has 28 heavy (non-hydrogen) atoms. The SMILES string of the molecule is O=S(=O)(c1ccc(N[C@@H](c2ccccc2)c2ccncc2)nc1)N1CCCC1. The Morgan fingerprint density at radius 3 is 2.21 bits per heavy atom. The second-order valence-electron chi connectivity index (χ2n) is 6.76. The van der Waals surface area contributed by atoms with Gasteiger partial charge in [0.05, 0.1) is 6.04 Å². The van der Waals surface area contributed by atoms with Gasteiger partial charge in [0.15, 0.2) is 0 Å². The van der Waals surface area contributed by atoms with Crippen molar-refractivity contribution in [3.63, 3.8) is 0 Å². The van der Waals surface area contributed by atoms with Crippen LogP contribution in [0.25, 0.3) is 0 Å². The molecule has 1 fully saturated rings. The maximum absolute atomic E-state index is 12.7. The van der Waals surface area contributed by atoms with Gasteiger partial charge < -0.3 is 5.32 Å². The molecule has 2 aromatic heterocycles. The van der Waals surface area contributed by atoms with Crippen LogP contribution >= 0.6 is 0 Å². The number of nitrogens with zero attached hydrogens (tertiary/aromatic N) is 3. The molecular formula is C21H22N4O2S. The van der Waals surface area contributed by atoms with Gasteiger partial charge in [-0.25, -0.2) is 13.4 Å². The molecule has 4 rings (SSSR count). The van der Waals surface area contributed by atoms with E-state index in [1.54, 1.807) is 24.5 Å². The number of rotatable bonds is 6. The molecule has 0 bridgehead atoms. The first kappa shape index (κ1) is 18.6. The highest BCUT2D eigenvalue weighted by Crippen LogP contribution is 2.26. The summed E-state index contributed by atoms with van der Waals surface area (Å²) >= 11 is 0. The minimum Gasteiger partial charge on any atom is -0.359 e. The Hall–Kier alpha value is -2.77. The predicted molar refractivity (Wildman–Crippen MR) is 108 cm³/mol. The lowest BCUT2D eigenvalue weighted by molar-refractivity contribution is 0.477. The van der Waals surface area contributed by atoms with Crippen molar-refractivity contribution >= 4 is 15.8 Å². The Morgan fingerprint density at radius 2 is 1.57 bits per heavy atom. The summed E-state index contributed by atoms with van der Waals surface area (Å²) in [5.74, 6) is 0.617. The number of hydrogen-bond acceptors (Lipinski definition) is 5. The van der Waals surface area contributed by atoms with E-state index in [4.69, 9.17) is 0 Å². The lowest BCUT2D eigenvalue weighted by Gasteiger charge is -2.21. The van der Waals surface area contributed by atoms with Gasteiger partial charge in [0.25, 0.3) is 0 Å². The largest absolute Gasteiger partial charge is 0.359 e. The van der Waals surface area contributed by atoms with Crippen molar-refractivity contribution in [2.45, 2.75) is 23.8 Å². The van der Waals surface area contributed by atoms with Crippen molar-refractivity contribution in [1.82, 2.24) is 14.3 Å². The fourth-order valence-corrected chi connectivity index (χ4v) is 4.87. The Kier molecular flexibility index (Phi) is 5.36. The van der Waals surface area contributed by atoms with Gasteiger partial charge in [-0.1, -0.05) is 30.3 Å². The maximum Gasteiger partial charge on any atom is 0.244 e. The van der Waals surface area contributed by atoms with Crippen LogP contribution in [0.3, 0.4) is 0 Å². The first-order valence-corrected chi connectivity index (χ1v) is 10.8. The van der Waals surface area contributed by atoms with E-state index in [0.717, 1.165) is 24.0 Å². The van der Waals surface area contributed by atoms with Crippen molar-refractivity contribution in [3.8, 4) is 0 Å². The van der Waals surface area contributed by atoms with Crippen LogP contribution in [0.5, 0.6) is 0 Å². The fraction of sp³-hybridized carbons (Fsp3) is 0.238. The zero-order chi connectivity index (χ0) is 19.4. The average Bonchev–Trinajstić information content (AvgIpc) is 3.30. The van der Waals surface area contributed by atoms with Crippen molar-refractivity contribution in [2.75, 3.05) is 18.4 Å². The number of anilines is 1. The highest BCUT2D eigenvalue weighted by atomic mass is 32.2. The van der Waals surface area contributed by atoms with Crippen LogP contribution in [-0.2, 0) is 10.0 Å². The monoisotopic (exact) mass is 394 g/mol. The van der Waals surface area contributed by atoms with Crippen LogP contribution in [0.1, 0.15) is 30.0 Å². The molecule has 3 heterocycles. The van der Waals surface area contributed by atoms with Gasteiger partial charge in [0.2, 0.25) is 10.0 Å². The first-order chi connectivity index (χ1) is 13.6. The summed E-state index contributed by atoms with van der Waals surface area (Å²) in [6.07, 6.45) is 6.77. The van der Waals surface area contributed by atoms with Gasteiger partial charge in [-0.3, -0.25) is 4.98 Å². The van der Waals surface area contributed by atoms with Crippen LogP contribution in [0.2, 0.25) is 0 Å². The minimum absolute atomic E-state index is 0.113. The van der Waals surface area contributed by atoms with Gasteiger partial charge in [0.1, 0.15) is 10.7 Å². The van der Waals surface area contributed by atoms with Gasteiger partial charge in [-0.2, -0.15) is 4.31 Å². The molecule has 1 aromatic carbocycles. The zero-order valence-electron chi connectivity index (χ0n) is 15.4. The van der Waals surface area contributed by atoms with Crippen LogP contribution in [-0.4, -0.2) is 35.8 Å². The van der Waals surface area contributed by atoms with E-state index < -0.39 is 10.0 Å². The highest BCUT2D eigenvalue weighted by Gasteiger charge is 2.27. The van der Waals surface area contributed by atoms with Crippen molar-refractivity contribution < 1.29 is 8.42 Å². The van der Waals surface area contributed by atoms with Gasteiger partial charge in [-0.15, -0.1) is 0 Å². The minimum atomic E-state index is -3.45. The van der Waals surface area contributed by atoms with Crippen LogP contribution in [0, 0.1) is 0 Å². The number of nitrogens with one attached hydrogen (secondary N) is 1. The zero-order valence-corrected chi connectivity index (χ0v) is 16.2. The maximum atomic E-state index is 12.7. The van der Waals surface area contributed by atoms with E-state index >= 15 is 0 Å². The van der Waals surface area contributed by atoms with E-state index in [9.17, 15) is 8.42 Å². The quantitative estimate of drug-likeness (QED) is 0.693. The van der Waals surface area contributed by atoms with Crippen LogP contribution in [0.15, 0.2) is 78.1 Å². The standard InChI is InChI=1S/C21H22N4O2S/c26-28(27,25-14-4-5-15-25)19-8-9-20(23-16-19)24-21(17-6-2-1-3-7-17)18-10-12-22-13-11-18/h1-3,6-13,16,21H,4-5,14-15H2,(H,23,24)/t21-/m0/s1. The summed E-state index contributed by atoms with van der Waals surface area (Å²) < 4.78 is 26.9. The lowest BCUT2D eigenvalue weighted by Crippen LogP contribution is -2.28. The second-order valence-corrected chi connectivity index (χ2v) is 8.70. The molecule has 1 saturated heterocycles. The van der Waals surface area contributed by atoms with E-state index in [1.807, 2.05) is 42.5 Å². The molecule has 1 atom stereocenters. The van der Waals surface area contributed by atoms with Crippen molar-refractivity contribution in [1.29, 1.82) is 0 Å². The average molecular weight is 395 g/mol. The molecule has 0 aliphatic carbocycles. The summed E-state index contributed by atoms with van der Waals surface area (Å²) in [5.41, 5.74) is 2.14. The van der Waals surface area contributed by atoms with Crippen molar-refractivity contribution in [2.24, 2.45) is 0 Å². The summed E-state index contributed by atoms with van der Waals surface area (Å²) in [7, 11) is -3.45. The van der Waals surface area contributed by atoms with Gasteiger partial charge in [0, 0.05) is 31.7 Å². The molecule has 7 heteroatoms. The van der Waals surface area contributed by atoms with Crippen LogP contribution < -0.4 is 5.32 Å². The molecule has 0 amide bonds. The molecule has 0 spiro atoms. The Morgan fingerprint density at radius 1 is 0.893 bits per heavy atom. The Bertz CT molecular complexity index is 964. The van der Waals surface area contributed by atoms with E-state index in [0.29, 0.717) is 18.9 Å². The van der Waals surface area contributed by atoms with E-state index in [1.165, 1.54) is 10.5 Å². The Balaban J connectivity index is 1.59. The normalized spacial score (nSPS) is 16.0. The molecule has 1 aliphatic rings. The van der Waals surface area contributed by atoms with E-state index in [2.05, 4.69) is 15.3 Å².